The van der Waals surface area contributed by atoms with Gasteiger partial charge >= 0.3 is 0 Å². The molecule has 0 spiro atoms. The van der Waals surface area contributed by atoms with Gasteiger partial charge < -0.3 is 5.32 Å². The van der Waals surface area contributed by atoms with Crippen molar-refractivity contribution in [2.24, 2.45) is 5.92 Å². The van der Waals surface area contributed by atoms with E-state index in [-0.39, 0.29) is 11.7 Å². The second-order valence-electron chi connectivity index (χ2n) is 4.49. The zero-order chi connectivity index (χ0) is 12.4. The van der Waals surface area contributed by atoms with Gasteiger partial charge in [0, 0.05) is 10.5 Å². The Hall–Kier alpha value is -0.900. The van der Waals surface area contributed by atoms with E-state index in [0.29, 0.717) is 22.0 Å². The topological polar surface area (TPSA) is 29.1 Å². The normalized spacial score (nSPS) is 22.3. The molecule has 0 saturated heterocycles. The molecule has 0 bridgehead atoms. The maximum atomic E-state index is 12.9. The Morgan fingerprint density at radius 1 is 1.59 bits per heavy atom. The Morgan fingerprint density at radius 3 is 3.00 bits per heavy atom. The molecular weight excluding hydrogens is 285 g/mol. The molecule has 1 saturated carbocycles. The Balaban J connectivity index is 1.96. The predicted molar refractivity (Wildman–Crippen MR) is 68.4 cm³/mol. The van der Waals surface area contributed by atoms with Crippen molar-refractivity contribution in [3.63, 3.8) is 0 Å². The highest BCUT2D eigenvalue weighted by atomic mass is 79.9. The summed E-state index contributed by atoms with van der Waals surface area (Å²) in [6, 6.07) is 4.42. The van der Waals surface area contributed by atoms with Gasteiger partial charge in [0.05, 0.1) is 5.56 Å². The molecule has 1 aromatic rings. The summed E-state index contributed by atoms with van der Waals surface area (Å²) in [6.07, 6.45) is 3.38. The van der Waals surface area contributed by atoms with Gasteiger partial charge in [0.1, 0.15) is 5.82 Å². The van der Waals surface area contributed by atoms with Gasteiger partial charge in [0.2, 0.25) is 0 Å². The highest BCUT2D eigenvalue weighted by Crippen LogP contribution is 2.35. The van der Waals surface area contributed by atoms with E-state index in [0.717, 1.165) is 19.3 Å². The fourth-order valence-corrected chi connectivity index (χ4v) is 2.56. The number of benzene rings is 1. The second-order valence-corrected chi connectivity index (χ2v) is 5.34. The van der Waals surface area contributed by atoms with Gasteiger partial charge in [-0.15, -0.1) is 0 Å². The van der Waals surface area contributed by atoms with E-state index in [9.17, 15) is 9.18 Å². The number of carbonyl (C=O) groups is 1. The van der Waals surface area contributed by atoms with Gasteiger partial charge in [0.25, 0.3) is 5.91 Å². The van der Waals surface area contributed by atoms with Crippen molar-refractivity contribution < 1.29 is 9.18 Å². The van der Waals surface area contributed by atoms with Crippen molar-refractivity contribution in [1.82, 2.24) is 5.32 Å². The summed E-state index contributed by atoms with van der Waals surface area (Å²) in [6.45, 7) is 2.15. The van der Waals surface area contributed by atoms with E-state index >= 15 is 0 Å². The zero-order valence-electron chi connectivity index (χ0n) is 9.67. The summed E-state index contributed by atoms with van der Waals surface area (Å²) in [5, 5.41) is 2.97. The molecule has 0 aliphatic heterocycles. The lowest BCUT2D eigenvalue weighted by Crippen LogP contribution is -2.27. The van der Waals surface area contributed by atoms with E-state index in [2.05, 4.69) is 28.2 Å². The van der Waals surface area contributed by atoms with Gasteiger partial charge in [-0.1, -0.05) is 13.3 Å². The molecule has 1 aliphatic carbocycles. The van der Waals surface area contributed by atoms with E-state index in [1.165, 1.54) is 18.2 Å². The van der Waals surface area contributed by atoms with E-state index in [1.807, 2.05) is 0 Å². The van der Waals surface area contributed by atoms with Crippen LogP contribution in [0.4, 0.5) is 4.39 Å². The van der Waals surface area contributed by atoms with E-state index < -0.39 is 0 Å². The first-order valence-electron chi connectivity index (χ1n) is 5.87. The minimum atomic E-state index is -0.344. The van der Waals surface area contributed by atoms with Crippen molar-refractivity contribution in [3.8, 4) is 0 Å². The Bertz CT molecular complexity index is 435. The number of rotatable bonds is 4. The van der Waals surface area contributed by atoms with Crippen LogP contribution in [-0.4, -0.2) is 11.9 Å². The molecule has 2 unspecified atom stereocenters. The number of hydrogen-bond donors (Lipinski definition) is 1. The summed E-state index contributed by atoms with van der Waals surface area (Å²) >= 11 is 3.20. The molecule has 2 atom stereocenters. The van der Waals surface area contributed by atoms with Crippen molar-refractivity contribution in [3.05, 3.63) is 34.1 Å². The minimum absolute atomic E-state index is 0.125. The van der Waals surface area contributed by atoms with Crippen LogP contribution < -0.4 is 5.32 Å². The van der Waals surface area contributed by atoms with Crippen LogP contribution in [0.1, 0.15) is 36.5 Å². The molecule has 17 heavy (non-hydrogen) atoms. The molecular formula is C13H15BrFNO. The fourth-order valence-electron chi connectivity index (χ4n) is 2.03. The average Bonchev–Trinajstić information content (AvgIpc) is 2.96. The largest absolute Gasteiger partial charge is 0.349 e. The molecule has 1 aromatic carbocycles. The summed E-state index contributed by atoms with van der Waals surface area (Å²) in [5.74, 6) is 0.160. The average molecular weight is 300 g/mol. The molecule has 4 heteroatoms. The number of carbonyl (C=O) groups excluding carboxylic acids is 1. The third-order valence-corrected chi connectivity index (χ3v) is 3.73. The maximum Gasteiger partial charge on any atom is 0.252 e. The molecule has 1 fully saturated rings. The number of amides is 1. The van der Waals surface area contributed by atoms with Crippen LogP contribution in [0.5, 0.6) is 0 Å². The van der Waals surface area contributed by atoms with Crippen molar-refractivity contribution in [2.75, 3.05) is 0 Å². The third kappa shape index (κ3) is 3.06. The first kappa shape index (κ1) is 12.6. The fraction of sp³-hybridized carbons (Fsp3) is 0.462. The Labute approximate surface area is 109 Å². The molecule has 1 N–H and O–H groups in total. The summed E-state index contributed by atoms with van der Waals surface area (Å²) in [4.78, 5) is 11.9. The van der Waals surface area contributed by atoms with Crippen molar-refractivity contribution in [2.45, 2.75) is 32.2 Å². The standard InChI is InChI=1S/C13H15BrFNO/c1-2-3-8-6-12(8)16-13(17)10-5-4-9(15)7-11(10)14/h4-5,7-8,12H,2-3,6H2,1H3,(H,16,17). The summed E-state index contributed by atoms with van der Waals surface area (Å²) < 4.78 is 13.4. The number of halogens is 2. The molecule has 0 heterocycles. The molecule has 0 radical (unpaired) electrons. The van der Waals surface area contributed by atoms with Gasteiger partial charge in [-0.05, 0) is 52.9 Å². The minimum Gasteiger partial charge on any atom is -0.349 e. The van der Waals surface area contributed by atoms with Crippen LogP contribution >= 0.6 is 15.9 Å². The highest BCUT2D eigenvalue weighted by molar-refractivity contribution is 9.10. The molecule has 0 aromatic heterocycles. The first-order valence-corrected chi connectivity index (χ1v) is 6.67. The van der Waals surface area contributed by atoms with Crippen LogP contribution in [0.25, 0.3) is 0 Å². The highest BCUT2D eigenvalue weighted by Gasteiger charge is 2.37. The first-order chi connectivity index (χ1) is 8.11. The monoisotopic (exact) mass is 299 g/mol. The van der Waals surface area contributed by atoms with Gasteiger partial charge in [0.15, 0.2) is 0 Å². The molecule has 1 aliphatic rings. The van der Waals surface area contributed by atoms with Gasteiger partial charge in [-0.3, -0.25) is 4.79 Å². The third-order valence-electron chi connectivity index (χ3n) is 3.07. The second kappa shape index (κ2) is 5.17. The van der Waals surface area contributed by atoms with Crippen LogP contribution in [0.2, 0.25) is 0 Å². The van der Waals surface area contributed by atoms with Crippen LogP contribution in [-0.2, 0) is 0 Å². The van der Waals surface area contributed by atoms with Gasteiger partial charge in [-0.2, -0.15) is 0 Å². The smallest absolute Gasteiger partial charge is 0.252 e. The molecule has 1 amide bonds. The maximum absolute atomic E-state index is 12.9. The van der Waals surface area contributed by atoms with E-state index in [4.69, 9.17) is 0 Å². The van der Waals surface area contributed by atoms with Crippen LogP contribution in [0, 0.1) is 11.7 Å². The lowest BCUT2D eigenvalue weighted by atomic mass is 10.2. The lowest BCUT2D eigenvalue weighted by molar-refractivity contribution is 0.0948. The van der Waals surface area contributed by atoms with E-state index in [1.54, 1.807) is 0 Å². The lowest BCUT2D eigenvalue weighted by Gasteiger charge is -2.06. The van der Waals surface area contributed by atoms with Crippen molar-refractivity contribution >= 4 is 21.8 Å². The predicted octanol–water partition coefficient (Wildman–Crippen LogP) is 3.51. The Kier molecular flexibility index (Phi) is 3.82. The van der Waals surface area contributed by atoms with Gasteiger partial charge in [-0.25, -0.2) is 4.39 Å². The summed E-state index contributed by atoms with van der Waals surface area (Å²) in [7, 11) is 0. The zero-order valence-corrected chi connectivity index (χ0v) is 11.3. The number of nitrogens with one attached hydrogen (secondary N) is 1. The van der Waals surface area contributed by atoms with Crippen LogP contribution in [0.15, 0.2) is 22.7 Å². The quantitative estimate of drug-likeness (QED) is 0.906. The number of hydrogen-bond acceptors (Lipinski definition) is 1. The SMILES string of the molecule is CCCC1CC1NC(=O)c1ccc(F)cc1Br. The molecule has 92 valence electrons. The molecule has 2 rings (SSSR count). The van der Waals surface area contributed by atoms with Crippen LogP contribution in [0.3, 0.4) is 0 Å². The van der Waals surface area contributed by atoms with Crippen molar-refractivity contribution in [1.29, 1.82) is 0 Å². The summed E-state index contributed by atoms with van der Waals surface area (Å²) in [5.41, 5.74) is 0.494. The Morgan fingerprint density at radius 2 is 2.35 bits per heavy atom. The molecule has 2 nitrogen and oxygen atoms in total.